The van der Waals surface area contributed by atoms with Gasteiger partial charge < -0.3 is 0 Å². The molecule has 0 bridgehead atoms. The molecule has 1 aliphatic carbocycles. The number of carbonyl (C=O) groups is 1. The summed E-state index contributed by atoms with van der Waals surface area (Å²) in [5, 5.41) is 0. The molecule has 0 saturated carbocycles. The summed E-state index contributed by atoms with van der Waals surface area (Å²) in [6.45, 7) is 0. The van der Waals surface area contributed by atoms with Crippen LogP contribution >= 0.6 is 0 Å². The summed E-state index contributed by atoms with van der Waals surface area (Å²) in [5.41, 5.74) is 3.63. The Kier molecular flexibility index (Phi) is 3.51. The molecule has 0 atom stereocenters. The lowest BCUT2D eigenvalue weighted by Crippen LogP contribution is -2.29. The maximum Gasteiger partial charge on any atom is 0.145 e. The average Bonchev–Trinajstić information content (AvgIpc) is 2.56. The Morgan fingerprint density at radius 1 is 0.850 bits per heavy atom. The molecule has 0 amide bonds. The van der Waals surface area contributed by atoms with E-state index in [4.69, 9.17) is 0 Å². The van der Waals surface area contributed by atoms with Crippen LogP contribution in [0.4, 0.5) is 0 Å². The van der Waals surface area contributed by atoms with Crippen LogP contribution < -0.4 is 0 Å². The number of aldehydes is 1. The molecule has 0 fully saturated rings. The summed E-state index contributed by atoms with van der Waals surface area (Å²) in [4.78, 5) is 11.0. The van der Waals surface area contributed by atoms with E-state index in [2.05, 4.69) is 66.7 Å². The van der Waals surface area contributed by atoms with Crippen LogP contribution in [-0.2, 0) is 10.2 Å². The van der Waals surface area contributed by atoms with Crippen LogP contribution in [0.25, 0.3) is 0 Å². The molecule has 1 aliphatic rings. The Hall–Kier alpha value is -2.15. The van der Waals surface area contributed by atoms with E-state index in [1.54, 1.807) is 0 Å². The molecule has 0 heterocycles. The zero-order chi connectivity index (χ0) is 13.8. The van der Waals surface area contributed by atoms with Crippen molar-refractivity contribution in [3.63, 3.8) is 0 Å². The maximum absolute atomic E-state index is 11.0. The topological polar surface area (TPSA) is 17.1 Å². The molecule has 0 radical (unpaired) electrons. The smallest absolute Gasteiger partial charge is 0.145 e. The van der Waals surface area contributed by atoms with Gasteiger partial charge in [-0.2, -0.15) is 0 Å². The second-order valence-corrected chi connectivity index (χ2v) is 5.42. The predicted molar refractivity (Wildman–Crippen MR) is 81.7 cm³/mol. The van der Waals surface area contributed by atoms with E-state index in [-0.39, 0.29) is 5.41 Å². The third kappa shape index (κ3) is 2.20. The SMILES string of the molecule is O=CC1=CCC(c2ccccc2)(c2ccccc2)CC1. The zero-order valence-corrected chi connectivity index (χ0v) is 11.5. The molecular formula is C19H18O. The lowest BCUT2D eigenvalue weighted by Gasteiger charge is -2.37. The molecule has 2 aromatic carbocycles. The highest BCUT2D eigenvalue weighted by molar-refractivity contribution is 5.73. The molecule has 3 rings (SSSR count). The van der Waals surface area contributed by atoms with Crippen LogP contribution in [0.2, 0.25) is 0 Å². The molecule has 0 spiro atoms. The summed E-state index contributed by atoms with van der Waals surface area (Å²) in [5.74, 6) is 0. The lowest BCUT2D eigenvalue weighted by atomic mass is 9.66. The summed E-state index contributed by atoms with van der Waals surface area (Å²) in [6.07, 6.45) is 5.85. The molecule has 20 heavy (non-hydrogen) atoms. The molecule has 0 saturated heterocycles. The van der Waals surface area contributed by atoms with Gasteiger partial charge in [-0.3, -0.25) is 4.79 Å². The molecular weight excluding hydrogens is 244 g/mol. The Bertz CT molecular complexity index is 571. The van der Waals surface area contributed by atoms with Crippen molar-refractivity contribution in [2.24, 2.45) is 0 Å². The van der Waals surface area contributed by atoms with Gasteiger partial charge in [0.05, 0.1) is 0 Å². The third-order valence-corrected chi connectivity index (χ3v) is 4.36. The van der Waals surface area contributed by atoms with Crippen LogP contribution in [0.15, 0.2) is 72.3 Å². The van der Waals surface area contributed by atoms with Gasteiger partial charge in [0.15, 0.2) is 0 Å². The van der Waals surface area contributed by atoms with Crippen molar-refractivity contribution in [1.29, 1.82) is 0 Å². The zero-order valence-electron chi connectivity index (χ0n) is 11.5. The van der Waals surface area contributed by atoms with Crippen molar-refractivity contribution in [1.82, 2.24) is 0 Å². The van der Waals surface area contributed by atoms with E-state index in [0.717, 1.165) is 31.1 Å². The van der Waals surface area contributed by atoms with Gasteiger partial charge in [0, 0.05) is 5.41 Å². The van der Waals surface area contributed by atoms with Crippen LogP contribution in [0.5, 0.6) is 0 Å². The van der Waals surface area contributed by atoms with Crippen molar-refractivity contribution >= 4 is 6.29 Å². The van der Waals surface area contributed by atoms with Crippen LogP contribution in [0.3, 0.4) is 0 Å². The number of hydrogen-bond acceptors (Lipinski definition) is 1. The minimum Gasteiger partial charge on any atom is -0.298 e. The van der Waals surface area contributed by atoms with Crippen LogP contribution in [-0.4, -0.2) is 6.29 Å². The molecule has 2 aromatic rings. The van der Waals surface area contributed by atoms with Gasteiger partial charge in [-0.1, -0.05) is 66.7 Å². The van der Waals surface area contributed by atoms with Gasteiger partial charge in [0.2, 0.25) is 0 Å². The average molecular weight is 262 g/mol. The molecule has 0 aromatic heterocycles. The lowest BCUT2D eigenvalue weighted by molar-refractivity contribution is -0.105. The monoisotopic (exact) mass is 262 g/mol. The number of rotatable bonds is 3. The summed E-state index contributed by atoms with van der Waals surface area (Å²) < 4.78 is 0. The highest BCUT2D eigenvalue weighted by atomic mass is 16.1. The van der Waals surface area contributed by atoms with Gasteiger partial charge in [-0.05, 0) is 36.0 Å². The van der Waals surface area contributed by atoms with E-state index >= 15 is 0 Å². The second kappa shape index (κ2) is 5.46. The van der Waals surface area contributed by atoms with Crippen molar-refractivity contribution in [2.75, 3.05) is 0 Å². The van der Waals surface area contributed by atoms with Crippen molar-refractivity contribution < 1.29 is 4.79 Å². The Balaban J connectivity index is 2.10. The summed E-state index contributed by atoms with van der Waals surface area (Å²) in [7, 11) is 0. The molecule has 1 nitrogen and oxygen atoms in total. The first-order valence-electron chi connectivity index (χ1n) is 7.10. The predicted octanol–water partition coefficient (Wildman–Crippen LogP) is 4.28. The standard InChI is InChI=1S/C19H18O/c20-15-16-11-13-19(14-12-16,17-7-3-1-4-8-17)18-9-5-2-6-10-18/h1-11,15H,12-14H2. The molecule has 1 heteroatoms. The highest BCUT2D eigenvalue weighted by Crippen LogP contribution is 2.43. The van der Waals surface area contributed by atoms with E-state index < -0.39 is 0 Å². The Morgan fingerprint density at radius 3 is 1.80 bits per heavy atom. The first kappa shape index (κ1) is 12.9. The first-order chi connectivity index (χ1) is 9.85. The molecule has 0 aliphatic heterocycles. The van der Waals surface area contributed by atoms with Crippen LogP contribution in [0.1, 0.15) is 30.4 Å². The second-order valence-electron chi connectivity index (χ2n) is 5.42. The Morgan fingerprint density at radius 2 is 1.40 bits per heavy atom. The fourth-order valence-corrected chi connectivity index (χ4v) is 3.18. The largest absolute Gasteiger partial charge is 0.298 e. The van der Waals surface area contributed by atoms with Gasteiger partial charge in [-0.15, -0.1) is 0 Å². The molecule has 100 valence electrons. The van der Waals surface area contributed by atoms with Gasteiger partial charge in [0.1, 0.15) is 6.29 Å². The normalized spacial score (nSPS) is 17.3. The summed E-state index contributed by atoms with van der Waals surface area (Å²) >= 11 is 0. The third-order valence-electron chi connectivity index (χ3n) is 4.36. The number of benzene rings is 2. The molecule has 0 N–H and O–H groups in total. The quantitative estimate of drug-likeness (QED) is 0.754. The highest BCUT2D eigenvalue weighted by Gasteiger charge is 2.35. The van der Waals surface area contributed by atoms with Crippen molar-refractivity contribution in [3.8, 4) is 0 Å². The maximum atomic E-state index is 11.0. The number of hydrogen-bond donors (Lipinski definition) is 0. The van der Waals surface area contributed by atoms with Gasteiger partial charge >= 0.3 is 0 Å². The van der Waals surface area contributed by atoms with Gasteiger partial charge in [-0.25, -0.2) is 0 Å². The number of carbonyl (C=O) groups excluding carboxylic acids is 1. The van der Waals surface area contributed by atoms with Crippen molar-refractivity contribution in [3.05, 3.63) is 83.4 Å². The van der Waals surface area contributed by atoms with Gasteiger partial charge in [0.25, 0.3) is 0 Å². The fraction of sp³-hybridized carbons (Fsp3) is 0.211. The van der Waals surface area contributed by atoms with Crippen LogP contribution in [0, 0.1) is 0 Å². The van der Waals surface area contributed by atoms with Crippen molar-refractivity contribution in [2.45, 2.75) is 24.7 Å². The summed E-state index contributed by atoms with van der Waals surface area (Å²) in [6, 6.07) is 21.3. The number of allylic oxidation sites excluding steroid dienone is 2. The van der Waals surface area contributed by atoms with E-state index in [1.807, 2.05) is 0 Å². The fourth-order valence-electron chi connectivity index (χ4n) is 3.18. The molecule has 0 unspecified atom stereocenters. The van der Waals surface area contributed by atoms with E-state index in [9.17, 15) is 4.79 Å². The van der Waals surface area contributed by atoms with E-state index in [1.165, 1.54) is 11.1 Å². The minimum absolute atomic E-state index is 0.00896. The minimum atomic E-state index is 0.00896. The Labute approximate surface area is 120 Å². The van der Waals surface area contributed by atoms with E-state index in [0.29, 0.717) is 0 Å². The first-order valence-corrected chi connectivity index (χ1v) is 7.10.